The van der Waals surface area contributed by atoms with Crippen molar-refractivity contribution in [2.24, 2.45) is 0 Å². The quantitative estimate of drug-likeness (QED) is 0.278. The number of nitrogens with zero attached hydrogens (tertiary/aromatic N) is 2. The number of allylic oxidation sites excluding steroid dienone is 2. The molecule has 0 amide bonds. The number of nitro groups is 1. The van der Waals surface area contributed by atoms with E-state index in [4.69, 9.17) is 11.6 Å². The van der Waals surface area contributed by atoms with E-state index in [0.717, 1.165) is 6.07 Å². The Morgan fingerprint density at radius 3 is 2.57 bits per heavy atom. The molecule has 0 N–H and O–H groups in total. The second kappa shape index (κ2) is 5.78. The summed E-state index contributed by atoms with van der Waals surface area (Å²) in [7, 11) is -2.68. The Morgan fingerprint density at radius 1 is 1.29 bits per heavy atom. The van der Waals surface area contributed by atoms with Crippen LogP contribution in [0.3, 0.4) is 0 Å². The third-order valence-corrected chi connectivity index (χ3v) is 4.01. The summed E-state index contributed by atoms with van der Waals surface area (Å²) < 4.78 is 21.0. The van der Waals surface area contributed by atoms with Gasteiger partial charge in [0.2, 0.25) is 0 Å². The van der Waals surface area contributed by atoms with Crippen LogP contribution >= 0.6 is 11.6 Å². The van der Waals surface area contributed by atoms with Crippen molar-refractivity contribution in [3.05, 3.63) is 68.5 Å². The highest BCUT2D eigenvalue weighted by atomic mass is 35.5. The summed E-state index contributed by atoms with van der Waals surface area (Å²) in [6.07, 6.45) is 5.25. The first-order valence-corrected chi connectivity index (χ1v) is 7.13. The van der Waals surface area contributed by atoms with Gasteiger partial charge in [0.05, 0.1) is 9.95 Å². The van der Waals surface area contributed by atoms with Crippen molar-refractivity contribution in [3.63, 3.8) is 0 Å². The molecule has 0 radical (unpaired) electrons. The number of hydrogen-bond donors (Lipinski definition) is 0. The van der Waals surface area contributed by atoms with Crippen LogP contribution in [-0.4, -0.2) is 23.0 Å². The molecule has 1 aliphatic heterocycles. The Hall–Kier alpha value is -2.00. The lowest BCUT2D eigenvalue weighted by molar-refractivity contribution is -0.744. The van der Waals surface area contributed by atoms with Crippen LogP contribution < -0.4 is 0 Å². The maximum absolute atomic E-state index is 12.6. The van der Waals surface area contributed by atoms with Gasteiger partial charge in [-0.1, -0.05) is 11.6 Å². The molecule has 0 fully saturated rings. The minimum absolute atomic E-state index is 0.0385. The molecule has 1 atom stereocenters. The molecule has 0 aromatic heterocycles. The van der Waals surface area contributed by atoms with E-state index in [-0.39, 0.29) is 22.2 Å². The standard InChI is InChI=1S/C12H9ClN2O5S/c13-11-7-10(14(16)17)5-4-9(11)8-15(18)6-2-1-3-12(15)21(19)20/h1-7H,8H2. The average molecular weight is 329 g/mol. The predicted molar refractivity (Wildman–Crippen MR) is 77.6 cm³/mol. The Balaban J connectivity index is 2.42. The summed E-state index contributed by atoms with van der Waals surface area (Å²) in [5.41, 5.74) is 0.118. The Labute approximate surface area is 126 Å². The molecular formula is C12H9ClN2O5S. The molecule has 9 heteroatoms. The van der Waals surface area contributed by atoms with E-state index in [1.165, 1.54) is 36.6 Å². The maximum atomic E-state index is 12.6. The number of hydroxylamine groups is 3. The third-order valence-electron chi connectivity index (χ3n) is 2.87. The number of non-ortho nitro benzene ring substituents is 1. The molecule has 110 valence electrons. The molecule has 2 rings (SSSR count). The summed E-state index contributed by atoms with van der Waals surface area (Å²) in [5.74, 6) is 0. The van der Waals surface area contributed by atoms with Gasteiger partial charge >= 0.3 is 0 Å². The molecule has 1 unspecified atom stereocenters. The van der Waals surface area contributed by atoms with Gasteiger partial charge in [-0.15, -0.1) is 0 Å². The molecule has 21 heavy (non-hydrogen) atoms. The van der Waals surface area contributed by atoms with Gasteiger partial charge in [0, 0.05) is 23.8 Å². The zero-order chi connectivity index (χ0) is 15.6. The fourth-order valence-electron chi connectivity index (χ4n) is 1.87. The summed E-state index contributed by atoms with van der Waals surface area (Å²) in [6.45, 7) is -0.277. The van der Waals surface area contributed by atoms with Crippen molar-refractivity contribution in [2.75, 3.05) is 0 Å². The minimum atomic E-state index is -2.68. The average Bonchev–Trinajstić information content (AvgIpc) is 2.40. The second-order valence-electron chi connectivity index (χ2n) is 4.26. The molecule has 1 aromatic carbocycles. The number of halogens is 1. The van der Waals surface area contributed by atoms with Crippen LogP contribution in [0.5, 0.6) is 0 Å². The minimum Gasteiger partial charge on any atom is -0.621 e. The van der Waals surface area contributed by atoms with Crippen LogP contribution in [0.2, 0.25) is 5.02 Å². The summed E-state index contributed by atoms with van der Waals surface area (Å²) >= 11 is 5.92. The van der Waals surface area contributed by atoms with Crippen LogP contribution in [0.25, 0.3) is 0 Å². The van der Waals surface area contributed by atoms with Gasteiger partial charge < -0.3 is 5.21 Å². The normalized spacial score (nSPS) is 20.6. The van der Waals surface area contributed by atoms with Crippen LogP contribution in [0.1, 0.15) is 5.56 Å². The topological polar surface area (TPSA) is 100 Å². The third kappa shape index (κ3) is 3.19. The van der Waals surface area contributed by atoms with Gasteiger partial charge in [0.25, 0.3) is 21.0 Å². The highest BCUT2D eigenvalue weighted by Crippen LogP contribution is 2.27. The van der Waals surface area contributed by atoms with Gasteiger partial charge in [-0.3, -0.25) is 14.8 Å². The molecule has 7 nitrogen and oxygen atoms in total. The monoisotopic (exact) mass is 328 g/mol. The van der Waals surface area contributed by atoms with Crippen LogP contribution in [0.4, 0.5) is 5.69 Å². The summed E-state index contributed by atoms with van der Waals surface area (Å²) in [5, 5.41) is 23.3. The fraction of sp³-hybridized carbons (Fsp3) is 0.0833. The van der Waals surface area contributed by atoms with Crippen LogP contribution in [0.15, 0.2) is 42.6 Å². The van der Waals surface area contributed by atoms with Gasteiger partial charge in [0.1, 0.15) is 12.7 Å². The van der Waals surface area contributed by atoms with Crippen molar-refractivity contribution in [2.45, 2.75) is 6.54 Å². The highest BCUT2D eigenvalue weighted by molar-refractivity contribution is 7.72. The molecule has 0 bridgehead atoms. The van der Waals surface area contributed by atoms with Crippen LogP contribution in [0, 0.1) is 15.3 Å². The van der Waals surface area contributed by atoms with Gasteiger partial charge in [-0.25, -0.2) is 0 Å². The Kier molecular flexibility index (Phi) is 4.24. The molecule has 1 heterocycles. The lowest BCUT2D eigenvalue weighted by Gasteiger charge is -2.38. The van der Waals surface area contributed by atoms with Crippen molar-refractivity contribution in [1.29, 1.82) is 0 Å². The molecule has 0 aliphatic carbocycles. The largest absolute Gasteiger partial charge is 0.621 e. The Morgan fingerprint density at radius 2 is 2.00 bits per heavy atom. The molecule has 0 saturated heterocycles. The van der Waals surface area contributed by atoms with Crippen molar-refractivity contribution in [1.82, 2.24) is 0 Å². The zero-order valence-electron chi connectivity index (χ0n) is 10.5. The lowest BCUT2D eigenvalue weighted by Crippen LogP contribution is -2.42. The summed E-state index contributed by atoms with van der Waals surface area (Å²) in [4.78, 5) is 9.67. The molecule has 1 aromatic rings. The molecular weight excluding hydrogens is 320 g/mol. The fourth-order valence-corrected chi connectivity index (χ4v) is 2.67. The number of benzene rings is 1. The van der Waals surface area contributed by atoms with Gasteiger partial charge in [-0.05, 0) is 18.2 Å². The number of quaternary nitrogens is 1. The van der Waals surface area contributed by atoms with E-state index in [1.54, 1.807) is 0 Å². The predicted octanol–water partition coefficient (Wildman–Crippen LogP) is 2.16. The van der Waals surface area contributed by atoms with Crippen molar-refractivity contribution < 1.29 is 18.0 Å². The number of nitro benzene ring substituents is 1. The second-order valence-corrected chi connectivity index (χ2v) is 5.55. The van der Waals surface area contributed by atoms with Crippen molar-refractivity contribution in [3.8, 4) is 0 Å². The van der Waals surface area contributed by atoms with E-state index in [2.05, 4.69) is 0 Å². The van der Waals surface area contributed by atoms with E-state index in [1.807, 2.05) is 0 Å². The van der Waals surface area contributed by atoms with Gasteiger partial charge in [0.15, 0.2) is 0 Å². The number of hydrogen-bond acceptors (Lipinski definition) is 5. The molecule has 1 aliphatic rings. The van der Waals surface area contributed by atoms with Crippen molar-refractivity contribution >= 4 is 32.6 Å². The van der Waals surface area contributed by atoms with E-state index in [0.29, 0.717) is 5.56 Å². The molecule has 0 spiro atoms. The smallest absolute Gasteiger partial charge is 0.277 e. The lowest BCUT2D eigenvalue weighted by atomic mass is 10.2. The first kappa shape index (κ1) is 15.4. The van der Waals surface area contributed by atoms with E-state index >= 15 is 0 Å². The SMILES string of the molecule is O=[N+]([O-])c1ccc(C[N+]2([O-])C=CC=CC2=S(=O)=O)c(Cl)c1. The first-order valence-electron chi connectivity index (χ1n) is 5.68. The van der Waals surface area contributed by atoms with E-state index in [9.17, 15) is 23.7 Å². The first-order chi connectivity index (χ1) is 9.83. The number of rotatable bonds is 3. The Bertz CT molecular complexity index is 792. The highest BCUT2D eigenvalue weighted by Gasteiger charge is 2.26. The molecule has 0 saturated carbocycles. The maximum Gasteiger partial charge on any atom is 0.277 e. The zero-order valence-corrected chi connectivity index (χ0v) is 12.0. The van der Waals surface area contributed by atoms with Gasteiger partial charge in [-0.2, -0.15) is 8.42 Å². The van der Waals surface area contributed by atoms with E-state index < -0.39 is 19.9 Å². The summed E-state index contributed by atoms with van der Waals surface area (Å²) in [6, 6.07) is 3.68. The van der Waals surface area contributed by atoms with Crippen LogP contribution in [-0.2, 0) is 16.8 Å².